The molecule has 1 aliphatic rings. The van der Waals surface area contributed by atoms with E-state index in [2.05, 4.69) is 13.8 Å². The molecule has 7 nitrogen and oxygen atoms in total. The van der Waals surface area contributed by atoms with Gasteiger partial charge in [-0.15, -0.1) is 0 Å². The first-order chi connectivity index (χ1) is 17.7. The van der Waals surface area contributed by atoms with Crippen LogP contribution >= 0.6 is 0 Å². The second-order valence-electron chi connectivity index (χ2n) is 10.0. The van der Waals surface area contributed by atoms with E-state index < -0.39 is 17.3 Å². The van der Waals surface area contributed by atoms with Gasteiger partial charge in [0.15, 0.2) is 16.9 Å². The van der Waals surface area contributed by atoms with Crippen LogP contribution in [0.4, 0.5) is 4.39 Å². The number of carbonyl (C=O) groups excluding carboxylic acids is 1. The van der Waals surface area contributed by atoms with E-state index in [0.29, 0.717) is 49.2 Å². The number of hydrogen-bond acceptors (Lipinski definition) is 6. The highest BCUT2D eigenvalue weighted by molar-refractivity contribution is 5.99. The summed E-state index contributed by atoms with van der Waals surface area (Å²) < 4.78 is 31.8. The van der Waals surface area contributed by atoms with E-state index in [9.17, 15) is 14.0 Å². The van der Waals surface area contributed by atoms with E-state index in [-0.39, 0.29) is 28.2 Å². The molecular weight excluding hydrogens is 475 g/mol. The van der Waals surface area contributed by atoms with Crippen LogP contribution in [-0.4, -0.2) is 56.1 Å². The van der Waals surface area contributed by atoms with Crippen molar-refractivity contribution in [2.75, 3.05) is 40.4 Å². The van der Waals surface area contributed by atoms with Crippen LogP contribution in [-0.2, 0) is 0 Å². The normalized spacial score (nSPS) is 15.2. The summed E-state index contributed by atoms with van der Waals surface area (Å²) in [6, 6.07) is 8.59. The Morgan fingerprint density at radius 1 is 1.08 bits per heavy atom. The number of benzene rings is 2. The van der Waals surface area contributed by atoms with Gasteiger partial charge in [-0.1, -0.05) is 19.9 Å². The second kappa shape index (κ2) is 11.3. The van der Waals surface area contributed by atoms with Crippen molar-refractivity contribution < 1.29 is 23.1 Å². The number of carbonyl (C=O) groups is 1. The molecule has 2 heterocycles. The van der Waals surface area contributed by atoms with Gasteiger partial charge in [0.1, 0.15) is 11.4 Å². The molecule has 0 fully saturated rings. The molecule has 4 rings (SSSR count). The molecule has 1 atom stereocenters. The van der Waals surface area contributed by atoms with Gasteiger partial charge in [-0.05, 0) is 82.2 Å². The molecule has 37 heavy (non-hydrogen) atoms. The Labute approximate surface area is 216 Å². The zero-order valence-electron chi connectivity index (χ0n) is 22.2. The van der Waals surface area contributed by atoms with E-state index in [1.165, 1.54) is 12.1 Å². The summed E-state index contributed by atoms with van der Waals surface area (Å²) >= 11 is 0. The summed E-state index contributed by atoms with van der Waals surface area (Å²) in [4.78, 5) is 30.9. The number of fused-ring (bicyclic) bond motifs is 2. The highest BCUT2D eigenvalue weighted by Crippen LogP contribution is 2.41. The first kappa shape index (κ1) is 26.7. The minimum absolute atomic E-state index is 0.00850. The predicted molar refractivity (Wildman–Crippen MR) is 141 cm³/mol. The number of nitrogens with zero attached hydrogens (tertiary/aromatic N) is 2. The van der Waals surface area contributed by atoms with Gasteiger partial charge < -0.3 is 23.7 Å². The van der Waals surface area contributed by atoms with Gasteiger partial charge in [0.2, 0.25) is 5.76 Å². The molecule has 0 N–H and O–H groups in total. The average molecular weight is 511 g/mol. The van der Waals surface area contributed by atoms with Crippen LogP contribution in [0, 0.1) is 11.7 Å². The lowest BCUT2D eigenvalue weighted by Gasteiger charge is -2.26. The third-order valence-corrected chi connectivity index (χ3v) is 6.47. The Hall–Kier alpha value is -3.39. The summed E-state index contributed by atoms with van der Waals surface area (Å²) in [6.07, 6.45) is 1.61. The van der Waals surface area contributed by atoms with Crippen molar-refractivity contribution in [2.45, 2.75) is 39.7 Å². The van der Waals surface area contributed by atoms with Crippen LogP contribution in [0.2, 0.25) is 0 Å². The first-order valence-electron chi connectivity index (χ1n) is 12.8. The summed E-state index contributed by atoms with van der Waals surface area (Å²) in [7, 11) is 3.94. The van der Waals surface area contributed by atoms with Crippen molar-refractivity contribution in [3.8, 4) is 11.5 Å². The lowest BCUT2D eigenvalue weighted by atomic mass is 9.98. The molecular formula is C29H35FN2O5. The molecule has 0 radical (unpaired) electrons. The fraction of sp³-hybridized carbons (Fsp3) is 0.448. The fourth-order valence-electron chi connectivity index (χ4n) is 4.61. The Bertz CT molecular complexity index is 1330. The van der Waals surface area contributed by atoms with Crippen molar-refractivity contribution >= 4 is 16.9 Å². The maximum atomic E-state index is 14.0. The topological polar surface area (TPSA) is 72.2 Å². The number of amides is 1. The average Bonchev–Trinajstić information content (AvgIpc) is 3.12. The van der Waals surface area contributed by atoms with Crippen LogP contribution in [0.25, 0.3) is 11.0 Å². The lowest BCUT2D eigenvalue weighted by molar-refractivity contribution is 0.0722. The smallest absolute Gasteiger partial charge is 0.290 e. The maximum Gasteiger partial charge on any atom is 0.290 e. The molecule has 1 unspecified atom stereocenters. The maximum absolute atomic E-state index is 14.0. The molecule has 0 spiro atoms. The molecule has 0 bridgehead atoms. The van der Waals surface area contributed by atoms with Crippen LogP contribution in [0.15, 0.2) is 45.6 Å². The molecule has 0 saturated carbocycles. The number of hydrogen-bond donors (Lipinski definition) is 0. The van der Waals surface area contributed by atoms with Crippen molar-refractivity contribution in [3.05, 3.63) is 69.3 Å². The minimum atomic E-state index is -0.683. The number of ether oxygens (including phenoxy) is 2. The van der Waals surface area contributed by atoms with E-state index in [1.54, 1.807) is 4.90 Å². The monoisotopic (exact) mass is 510 g/mol. The standard InChI is InChI=1S/C29H35FN2O5/c1-6-35-24-16-19(8-10-23(24)36-15-12-18(2)3)26-25-27(33)21-17-20(30)9-11-22(21)37-28(25)29(34)32(26)14-7-13-31(4)5/h8-11,16-18,26H,6-7,12-15H2,1-5H3. The molecule has 1 aromatic heterocycles. The van der Waals surface area contributed by atoms with Crippen LogP contribution < -0.4 is 14.9 Å². The van der Waals surface area contributed by atoms with Crippen LogP contribution in [0.1, 0.15) is 61.3 Å². The highest BCUT2D eigenvalue weighted by Gasteiger charge is 2.42. The largest absolute Gasteiger partial charge is 0.490 e. The van der Waals surface area contributed by atoms with Gasteiger partial charge >= 0.3 is 0 Å². The third-order valence-electron chi connectivity index (χ3n) is 6.47. The first-order valence-corrected chi connectivity index (χ1v) is 12.8. The zero-order valence-corrected chi connectivity index (χ0v) is 22.2. The van der Waals surface area contributed by atoms with Crippen molar-refractivity contribution in [3.63, 3.8) is 0 Å². The highest BCUT2D eigenvalue weighted by atomic mass is 19.1. The Kier molecular flexibility index (Phi) is 8.17. The summed E-state index contributed by atoms with van der Waals surface area (Å²) in [5.74, 6) is 0.790. The van der Waals surface area contributed by atoms with Gasteiger partial charge in [-0.2, -0.15) is 0 Å². The van der Waals surface area contributed by atoms with E-state index in [0.717, 1.165) is 19.0 Å². The molecule has 0 saturated heterocycles. The summed E-state index contributed by atoms with van der Waals surface area (Å²) in [5, 5.41) is 0.116. The van der Waals surface area contributed by atoms with Crippen LogP contribution in [0.5, 0.6) is 11.5 Å². The van der Waals surface area contributed by atoms with Crippen molar-refractivity contribution in [1.29, 1.82) is 0 Å². The molecule has 198 valence electrons. The summed E-state index contributed by atoms with van der Waals surface area (Å²) in [5.41, 5.74) is 0.722. The van der Waals surface area contributed by atoms with Gasteiger partial charge in [0, 0.05) is 6.54 Å². The lowest BCUT2D eigenvalue weighted by Crippen LogP contribution is -2.32. The Balaban J connectivity index is 1.81. The van der Waals surface area contributed by atoms with Crippen LogP contribution in [0.3, 0.4) is 0 Å². The van der Waals surface area contributed by atoms with E-state index in [1.807, 2.05) is 44.1 Å². The summed E-state index contributed by atoms with van der Waals surface area (Å²) in [6.45, 7) is 8.35. The second-order valence-corrected chi connectivity index (χ2v) is 10.0. The van der Waals surface area contributed by atoms with Gasteiger partial charge in [0.25, 0.3) is 5.91 Å². The molecule has 1 aliphatic heterocycles. The Morgan fingerprint density at radius 2 is 1.86 bits per heavy atom. The van der Waals surface area contributed by atoms with Gasteiger partial charge in [-0.25, -0.2) is 4.39 Å². The van der Waals surface area contributed by atoms with Gasteiger partial charge in [0.05, 0.1) is 30.2 Å². The van der Waals surface area contributed by atoms with Crippen molar-refractivity contribution in [1.82, 2.24) is 9.80 Å². The number of halogens is 1. The minimum Gasteiger partial charge on any atom is -0.490 e. The third kappa shape index (κ3) is 5.64. The number of rotatable bonds is 11. The Morgan fingerprint density at radius 3 is 2.57 bits per heavy atom. The molecule has 1 amide bonds. The zero-order chi connectivity index (χ0) is 26.7. The molecule has 2 aromatic carbocycles. The van der Waals surface area contributed by atoms with Gasteiger partial charge in [-0.3, -0.25) is 9.59 Å². The SMILES string of the molecule is CCOc1cc(C2c3c(oc4ccc(F)cc4c3=O)C(=O)N2CCCN(C)C)ccc1OCCC(C)C. The van der Waals surface area contributed by atoms with E-state index >= 15 is 0 Å². The molecule has 0 aliphatic carbocycles. The fourth-order valence-corrected chi connectivity index (χ4v) is 4.61. The molecule has 8 heteroatoms. The quantitative estimate of drug-likeness (QED) is 0.351. The van der Waals surface area contributed by atoms with Crippen molar-refractivity contribution in [2.24, 2.45) is 5.92 Å². The molecule has 3 aromatic rings. The predicted octanol–water partition coefficient (Wildman–Crippen LogP) is 5.25. The van der Waals surface area contributed by atoms with E-state index in [4.69, 9.17) is 13.9 Å².